The third kappa shape index (κ3) is 5.43. The average Bonchev–Trinajstić information content (AvgIpc) is 3.18. The van der Waals surface area contributed by atoms with E-state index in [1.807, 2.05) is 4.57 Å². The molecule has 1 saturated heterocycles. The van der Waals surface area contributed by atoms with Crippen LogP contribution in [0.2, 0.25) is 0 Å². The van der Waals surface area contributed by atoms with E-state index in [2.05, 4.69) is 31.7 Å². The van der Waals surface area contributed by atoms with Gasteiger partial charge in [0.1, 0.15) is 0 Å². The van der Waals surface area contributed by atoms with Crippen molar-refractivity contribution in [3.63, 3.8) is 0 Å². The van der Waals surface area contributed by atoms with Gasteiger partial charge in [-0.05, 0) is 32.2 Å². The molecule has 0 atom stereocenters. The standard InChI is InChI=1S/C23H39N7O2/c1-3-4-17-32-22-26-20(24)19-21(27-22)30(23(25-19)31-2)12-8-11-28-13-15-29(16-14-28)18-9-6-5-7-10-18/h18H,3-17H2,1-2H3,(H2,24,26,27). The number of unbranched alkanes of at least 4 members (excludes halogenated alkanes) is 1. The summed E-state index contributed by atoms with van der Waals surface area (Å²) in [6, 6.07) is 1.66. The van der Waals surface area contributed by atoms with E-state index in [1.165, 1.54) is 45.2 Å². The molecule has 2 aromatic heterocycles. The zero-order valence-corrected chi connectivity index (χ0v) is 19.8. The Morgan fingerprint density at radius 2 is 1.75 bits per heavy atom. The van der Waals surface area contributed by atoms with Gasteiger partial charge in [0, 0.05) is 38.8 Å². The molecule has 178 valence electrons. The number of nitrogens with two attached hydrogens (primary N) is 1. The minimum atomic E-state index is 0.311. The van der Waals surface area contributed by atoms with E-state index in [1.54, 1.807) is 7.11 Å². The Hall–Kier alpha value is -2.13. The molecule has 1 aliphatic heterocycles. The Balaban J connectivity index is 1.34. The van der Waals surface area contributed by atoms with Gasteiger partial charge in [0.2, 0.25) is 0 Å². The molecular weight excluding hydrogens is 406 g/mol. The highest BCUT2D eigenvalue weighted by Gasteiger charge is 2.25. The van der Waals surface area contributed by atoms with E-state index >= 15 is 0 Å². The zero-order valence-electron chi connectivity index (χ0n) is 19.8. The molecule has 2 fully saturated rings. The van der Waals surface area contributed by atoms with Crippen LogP contribution in [0.25, 0.3) is 11.2 Å². The lowest BCUT2D eigenvalue weighted by Crippen LogP contribution is -2.50. The normalized spacial score (nSPS) is 18.9. The van der Waals surface area contributed by atoms with Crippen LogP contribution in [-0.2, 0) is 6.54 Å². The van der Waals surface area contributed by atoms with Gasteiger partial charge in [-0.1, -0.05) is 32.6 Å². The van der Waals surface area contributed by atoms with Crippen molar-refractivity contribution >= 4 is 17.0 Å². The van der Waals surface area contributed by atoms with Gasteiger partial charge in [0.25, 0.3) is 6.01 Å². The van der Waals surface area contributed by atoms with Crippen LogP contribution < -0.4 is 15.2 Å². The van der Waals surface area contributed by atoms with Crippen molar-refractivity contribution in [1.29, 1.82) is 0 Å². The van der Waals surface area contributed by atoms with Crippen LogP contribution in [0.4, 0.5) is 5.82 Å². The molecule has 9 nitrogen and oxygen atoms in total. The lowest BCUT2D eigenvalue weighted by Gasteiger charge is -2.40. The van der Waals surface area contributed by atoms with E-state index in [0.717, 1.165) is 51.5 Å². The number of nitrogens with zero attached hydrogens (tertiary/aromatic N) is 6. The van der Waals surface area contributed by atoms with Gasteiger partial charge in [0.05, 0.1) is 13.7 Å². The van der Waals surface area contributed by atoms with Gasteiger partial charge in [-0.2, -0.15) is 15.0 Å². The number of ether oxygens (including phenoxy) is 2. The topological polar surface area (TPSA) is 94.6 Å². The van der Waals surface area contributed by atoms with E-state index < -0.39 is 0 Å². The fraction of sp³-hybridized carbons (Fsp3) is 0.783. The lowest BCUT2D eigenvalue weighted by molar-refractivity contribution is 0.0778. The zero-order chi connectivity index (χ0) is 22.3. The first-order chi connectivity index (χ1) is 15.7. The first-order valence-electron chi connectivity index (χ1n) is 12.4. The van der Waals surface area contributed by atoms with Gasteiger partial charge < -0.3 is 20.1 Å². The average molecular weight is 446 g/mol. The Morgan fingerprint density at radius 3 is 2.47 bits per heavy atom. The van der Waals surface area contributed by atoms with Crippen molar-refractivity contribution in [2.45, 2.75) is 70.9 Å². The number of imidazole rings is 1. The number of anilines is 1. The second-order valence-corrected chi connectivity index (χ2v) is 9.04. The highest BCUT2D eigenvalue weighted by molar-refractivity contribution is 5.83. The van der Waals surface area contributed by atoms with Gasteiger partial charge in [-0.25, -0.2) is 0 Å². The first-order valence-corrected chi connectivity index (χ1v) is 12.4. The quantitative estimate of drug-likeness (QED) is 0.558. The smallest absolute Gasteiger partial charge is 0.320 e. The minimum absolute atomic E-state index is 0.311. The van der Waals surface area contributed by atoms with Gasteiger partial charge in [-0.15, -0.1) is 0 Å². The van der Waals surface area contributed by atoms with Crippen LogP contribution in [0.1, 0.15) is 58.3 Å². The molecule has 32 heavy (non-hydrogen) atoms. The Labute approximate surface area is 191 Å². The number of nitrogen functional groups attached to an aromatic ring is 1. The number of rotatable bonds is 10. The highest BCUT2D eigenvalue weighted by atomic mass is 16.5. The summed E-state index contributed by atoms with van der Waals surface area (Å²) in [4.78, 5) is 18.7. The van der Waals surface area contributed by atoms with Crippen LogP contribution >= 0.6 is 0 Å². The van der Waals surface area contributed by atoms with Crippen LogP contribution in [0, 0.1) is 0 Å². The predicted octanol–water partition coefficient (Wildman–Crippen LogP) is 2.94. The molecule has 0 radical (unpaired) electrons. The number of aryl methyl sites for hydroxylation is 1. The Bertz CT molecular complexity index is 858. The molecule has 3 heterocycles. The molecule has 2 aromatic rings. The van der Waals surface area contributed by atoms with Crippen molar-refractivity contribution in [2.75, 3.05) is 52.2 Å². The van der Waals surface area contributed by atoms with Crippen LogP contribution in [0.15, 0.2) is 0 Å². The summed E-state index contributed by atoms with van der Waals surface area (Å²) < 4.78 is 13.2. The number of piperazine rings is 1. The third-order valence-electron chi connectivity index (χ3n) is 6.83. The molecule has 0 aromatic carbocycles. The van der Waals surface area contributed by atoms with Gasteiger partial charge in [0.15, 0.2) is 17.0 Å². The number of hydrogen-bond acceptors (Lipinski definition) is 8. The predicted molar refractivity (Wildman–Crippen MR) is 126 cm³/mol. The largest absolute Gasteiger partial charge is 0.468 e. The molecule has 0 amide bonds. The Kier molecular flexibility index (Phi) is 8.02. The number of hydrogen-bond donors (Lipinski definition) is 1. The SMILES string of the molecule is CCCCOc1nc(N)c2nc(OC)n(CCCN3CCN(C4CCCCC4)CC3)c2n1. The van der Waals surface area contributed by atoms with Crippen molar-refractivity contribution in [3.8, 4) is 12.0 Å². The maximum atomic E-state index is 6.14. The summed E-state index contributed by atoms with van der Waals surface area (Å²) in [5, 5.41) is 0. The highest BCUT2D eigenvalue weighted by Crippen LogP contribution is 2.26. The summed E-state index contributed by atoms with van der Waals surface area (Å²) in [5.41, 5.74) is 7.40. The van der Waals surface area contributed by atoms with E-state index in [9.17, 15) is 0 Å². The van der Waals surface area contributed by atoms with Crippen molar-refractivity contribution in [3.05, 3.63) is 0 Å². The second kappa shape index (κ2) is 11.1. The number of aromatic nitrogens is 4. The van der Waals surface area contributed by atoms with E-state index in [0.29, 0.717) is 35.6 Å². The number of fused-ring (bicyclic) bond motifs is 1. The van der Waals surface area contributed by atoms with Crippen molar-refractivity contribution in [2.24, 2.45) is 0 Å². The third-order valence-corrected chi connectivity index (χ3v) is 6.83. The molecule has 2 aliphatic rings. The maximum Gasteiger partial charge on any atom is 0.320 e. The van der Waals surface area contributed by atoms with E-state index in [4.69, 9.17) is 15.2 Å². The van der Waals surface area contributed by atoms with E-state index in [-0.39, 0.29) is 0 Å². The first kappa shape index (κ1) is 23.0. The maximum absolute atomic E-state index is 6.14. The minimum Gasteiger partial charge on any atom is -0.468 e. The molecular formula is C23H39N7O2. The van der Waals surface area contributed by atoms with Gasteiger partial charge >= 0.3 is 6.01 Å². The monoisotopic (exact) mass is 445 g/mol. The summed E-state index contributed by atoms with van der Waals surface area (Å²) in [5.74, 6) is 0.331. The van der Waals surface area contributed by atoms with Crippen LogP contribution in [0.5, 0.6) is 12.0 Å². The molecule has 0 spiro atoms. The summed E-state index contributed by atoms with van der Waals surface area (Å²) in [7, 11) is 1.63. The Morgan fingerprint density at radius 1 is 0.969 bits per heavy atom. The fourth-order valence-corrected chi connectivity index (χ4v) is 4.96. The summed E-state index contributed by atoms with van der Waals surface area (Å²) >= 11 is 0. The molecule has 4 rings (SSSR count). The molecule has 0 unspecified atom stereocenters. The summed E-state index contributed by atoms with van der Waals surface area (Å²) in [6.07, 6.45) is 10.0. The molecule has 0 bridgehead atoms. The summed E-state index contributed by atoms with van der Waals surface area (Å²) in [6.45, 7) is 9.24. The fourth-order valence-electron chi connectivity index (χ4n) is 4.96. The van der Waals surface area contributed by atoms with Crippen LogP contribution in [0.3, 0.4) is 0 Å². The molecule has 1 aliphatic carbocycles. The van der Waals surface area contributed by atoms with Gasteiger partial charge in [-0.3, -0.25) is 9.47 Å². The number of methoxy groups -OCH3 is 1. The second-order valence-electron chi connectivity index (χ2n) is 9.04. The van der Waals surface area contributed by atoms with Crippen molar-refractivity contribution in [1.82, 2.24) is 29.3 Å². The lowest BCUT2D eigenvalue weighted by atomic mass is 9.94. The van der Waals surface area contributed by atoms with Crippen LogP contribution in [-0.4, -0.2) is 81.8 Å². The molecule has 1 saturated carbocycles. The molecule has 9 heteroatoms. The van der Waals surface area contributed by atoms with Crippen molar-refractivity contribution < 1.29 is 9.47 Å². The molecule has 2 N–H and O–H groups in total.